The van der Waals surface area contributed by atoms with Gasteiger partial charge in [0.15, 0.2) is 11.5 Å². The molecule has 0 bridgehead atoms. The van der Waals surface area contributed by atoms with E-state index in [0.717, 1.165) is 28.3 Å². The normalized spacial score (nSPS) is 21.5. The van der Waals surface area contributed by atoms with Crippen LogP contribution in [0.1, 0.15) is 35.0 Å². The Hall–Kier alpha value is -2.90. The molecule has 0 radical (unpaired) electrons. The monoisotopic (exact) mass is 481 g/mol. The minimum atomic E-state index is -0.703. The Labute approximate surface area is 187 Å². The first-order valence-corrected chi connectivity index (χ1v) is 11.0. The maximum absolute atomic E-state index is 13.5. The third-order valence-electron chi connectivity index (χ3n) is 5.79. The van der Waals surface area contributed by atoms with Crippen LogP contribution in [0, 0.1) is 0 Å². The maximum Gasteiger partial charge on any atom is 0.290 e. The van der Waals surface area contributed by atoms with Crippen molar-refractivity contribution in [3.8, 4) is 0 Å². The highest BCUT2D eigenvalue weighted by Crippen LogP contribution is 2.40. The van der Waals surface area contributed by atoms with Crippen molar-refractivity contribution in [2.45, 2.75) is 25.0 Å². The summed E-state index contributed by atoms with van der Waals surface area (Å²) in [5, 5.41) is 11.5. The van der Waals surface area contributed by atoms with Crippen molar-refractivity contribution in [2.24, 2.45) is 0 Å². The average molecular weight is 482 g/mol. The van der Waals surface area contributed by atoms with Crippen molar-refractivity contribution in [1.29, 1.82) is 0 Å². The van der Waals surface area contributed by atoms with E-state index in [4.69, 9.17) is 9.15 Å². The molecule has 0 saturated carbocycles. The molecule has 2 aromatic carbocycles. The highest BCUT2D eigenvalue weighted by atomic mass is 79.9. The highest BCUT2D eigenvalue weighted by Gasteiger charge is 2.45. The number of carbonyl (C=O) groups is 2. The summed E-state index contributed by atoms with van der Waals surface area (Å²) in [5.74, 6) is -1.51. The van der Waals surface area contributed by atoms with E-state index in [1.165, 1.54) is 4.90 Å². The van der Waals surface area contributed by atoms with Crippen LogP contribution in [0.25, 0.3) is 11.0 Å². The quantitative estimate of drug-likeness (QED) is 0.521. The van der Waals surface area contributed by atoms with Crippen LogP contribution >= 0.6 is 15.9 Å². The number of hydrogen-bond acceptors (Lipinski definition) is 5. The van der Waals surface area contributed by atoms with Gasteiger partial charge in [0.2, 0.25) is 5.78 Å². The van der Waals surface area contributed by atoms with E-state index in [1.54, 1.807) is 12.1 Å². The number of Topliss-reactive ketones (excluding diaryl/α,β-unsaturated/α-hetero) is 1. The first kappa shape index (κ1) is 20.0. The summed E-state index contributed by atoms with van der Waals surface area (Å²) in [5.41, 5.74) is 1.34. The average Bonchev–Trinajstić information content (AvgIpc) is 3.49. The molecule has 1 fully saturated rings. The zero-order chi connectivity index (χ0) is 21.5. The Morgan fingerprint density at radius 2 is 1.97 bits per heavy atom. The van der Waals surface area contributed by atoms with Crippen LogP contribution in [0.2, 0.25) is 0 Å². The molecule has 158 valence electrons. The summed E-state index contributed by atoms with van der Waals surface area (Å²) in [6.07, 6.45) is 1.66. The molecule has 31 heavy (non-hydrogen) atoms. The smallest absolute Gasteiger partial charge is 0.290 e. The van der Waals surface area contributed by atoms with Crippen molar-refractivity contribution in [2.75, 3.05) is 13.2 Å². The molecular formula is C24H20BrNO5. The van der Waals surface area contributed by atoms with Gasteiger partial charge in [0.25, 0.3) is 5.91 Å². The van der Waals surface area contributed by atoms with Crippen molar-refractivity contribution < 1.29 is 23.8 Å². The van der Waals surface area contributed by atoms with E-state index in [2.05, 4.69) is 15.9 Å². The van der Waals surface area contributed by atoms with E-state index in [9.17, 15) is 14.7 Å². The number of nitrogens with zero attached hydrogens (tertiary/aromatic N) is 1. The molecule has 3 heterocycles. The molecule has 0 aliphatic carbocycles. The first-order chi connectivity index (χ1) is 15.0. The van der Waals surface area contributed by atoms with Gasteiger partial charge in [-0.2, -0.15) is 0 Å². The molecular weight excluding hydrogens is 462 g/mol. The van der Waals surface area contributed by atoms with Gasteiger partial charge in [0.05, 0.1) is 17.7 Å². The largest absolute Gasteiger partial charge is 0.503 e. The molecule has 2 atom stereocenters. The number of ether oxygens (including phenoxy) is 1. The molecule has 2 aliphatic heterocycles. The van der Waals surface area contributed by atoms with Crippen LogP contribution in [-0.4, -0.2) is 41.0 Å². The summed E-state index contributed by atoms with van der Waals surface area (Å²) in [4.78, 5) is 28.0. The van der Waals surface area contributed by atoms with Crippen molar-refractivity contribution in [1.82, 2.24) is 4.90 Å². The van der Waals surface area contributed by atoms with E-state index >= 15 is 0 Å². The number of benzene rings is 2. The minimum Gasteiger partial charge on any atom is -0.503 e. The Bertz CT molecular complexity index is 1190. The SMILES string of the molecule is O=C(C1=C(O)C(=O)N(CC2CCCO2)C1c1ccccc1)c1cc2cc(Br)ccc2o1. The van der Waals surface area contributed by atoms with E-state index in [0.29, 0.717) is 18.7 Å². The Balaban J connectivity index is 1.56. The third-order valence-corrected chi connectivity index (χ3v) is 6.28. The van der Waals surface area contributed by atoms with Gasteiger partial charge in [0, 0.05) is 23.0 Å². The second-order valence-corrected chi connectivity index (χ2v) is 8.71. The lowest BCUT2D eigenvalue weighted by Crippen LogP contribution is -2.37. The number of furan rings is 1. The van der Waals surface area contributed by atoms with Gasteiger partial charge in [-0.05, 0) is 42.7 Å². The summed E-state index contributed by atoms with van der Waals surface area (Å²) >= 11 is 3.41. The van der Waals surface area contributed by atoms with E-state index < -0.39 is 23.5 Å². The molecule has 3 aromatic rings. The Morgan fingerprint density at radius 1 is 1.16 bits per heavy atom. The second kappa shape index (κ2) is 7.98. The van der Waals surface area contributed by atoms with Gasteiger partial charge in [-0.15, -0.1) is 0 Å². The van der Waals surface area contributed by atoms with Gasteiger partial charge in [0.1, 0.15) is 5.58 Å². The highest BCUT2D eigenvalue weighted by molar-refractivity contribution is 9.10. The van der Waals surface area contributed by atoms with Gasteiger partial charge in [-0.3, -0.25) is 9.59 Å². The Kier molecular flexibility index (Phi) is 5.16. The molecule has 1 amide bonds. The lowest BCUT2D eigenvalue weighted by Gasteiger charge is -2.28. The number of ketones is 1. The first-order valence-electron chi connectivity index (χ1n) is 10.2. The summed E-state index contributed by atoms with van der Waals surface area (Å²) in [6.45, 7) is 0.967. The van der Waals surface area contributed by atoms with Gasteiger partial charge in [-0.25, -0.2) is 0 Å². The zero-order valence-electron chi connectivity index (χ0n) is 16.6. The van der Waals surface area contributed by atoms with E-state index in [-0.39, 0.29) is 17.4 Å². The maximum atomic E-state index is 13.5. The third kappa shape index (κ3) is 3.58. The molecule has 2 unspecified atom stereocenters. The van der Waals surface area contributed by atoms with E-state index in [1.807, 2.05) is 42.5 Å². The minimum absolute atomic E-state index is 0.0346. The predicted octanol–water partition coefficient (Wildman–Crippen LogP) is 4.95. The molecule has 6 nitrogen and oxygen atoms in total. The lowest BCUT2D eigenvalue weighted by atomic mass is 9.95. The lowest BCUT2D eigenvalue weighted by molar-refractivity contribution is -0.131. The van der Waals surface area contributed by atoms with Gasteiger partial charge >= 0.3 is 0 Å². The molecule has 1 saturated heterocycles. The number of fused-ring (bicyclic) bond motifs is 1. The topological polar surface area (TPSA) is 80.0 Å². The number of halogens is 1. The van der Waals surface area contributed by atoms with Crippen LogP contribution in [0.4, 0.5) is 0 Å². The predicted molar refractivity (Wildman–Crippen MR) is 118 cm³/mol. The number of aliphatic hydroxyl groups is 1. The second-order valence-electron chi connectivity index (χ2n) is 7.79. The summed E-state index contributed by atoms with van der Waals surface area (Å²) in [7, 11) is 0. The van der Waals surface area contributed by atoms with Crippen LogP contribution in [0.3, 0.4) is 0 Å². The number of carbonyl (C=O) groups excluding carboxylic acids is 2. The number of hydrogen-bond donors (Lipinski definition) is 1. The molecule has 5 rings (SSSR count). The standard InChI is InChI=1S/C24H20BrNO5/c25-16-8-9-18-15(11-16)12-19(31-18)22(27)20-21(14-5-2-1-3-6-14)26(24(29)23(20)28)13-17-7-4-10-30-17/h1-3,5-6,8-9,11-12,17,21,28H,4,7,10,13H2. The molecule has 0 spiro atoms. The van der Waals surface area contributed by atoms with Crippen molar-refractivity contribution in [3.05, 3.63) is 81.7 Å². The number of aliphatic hydroxyl groups excluding tert-OH is 1. The van der Waals surface area contributed by atoms with Crippen molar-refractivity contribution in [3.63, 3.8) is 0 Å². The summed E-state index contributed by atoms with van der Waals surface area (Å²) in [6, 6.07) is 15.6. The fraction of sp³-hybridized carbons (Fsp3) is 0.250. The van der Waals surface area contributed by atoms with Gasteiger partial charge < -0.3 is 19.2 Å². The van der Waals surface area contributed by atoms with Crippen molar-refractivity contribution >= 4 is 38.6 Å². The fourth-order valence-corrected chi connectivity index (χ4v) is 4.70. The van der Waals surface area contributed by atoms with Crippen LogP contribution in [0.15, 0.2) is 74.8 Å². The molecule has 2 aliphatic rings. The summed E-state index contributed by atoms with van der Waals surface area (Å²) < 4.78 is 12.3. The van der Waals surface area contributed by atoms with Gasteiger partial charge in [-0.1, -0.05) is 46.3 Å². The van der Waals surface area contributed by atoms with Crippen LogP contribution < -0.4 is 0 Å². The van der Waals surface area contributed by atoms with Crippen LogP contribution in [0.5, 0.6) is 0 Å². The molecule has 7 heteroatoms. The number of amides is 1. The Morgan fingerprint density at radius 3 is 2.71 bits per heavy atom. The molecule has 1 aromatic heterocycles. The van der Waals surface area contributed by atoms with Crippen LogP contribution in [-0.2, 0) is 9.53 Å². The fourth-order valence-electron chi connectivity index (χ4n) is 4.32. The number of rotatable bonds is 5. The molecule has 1 N–H and O–H groups in total. The zero-order valence-corrected chi connectivity index (χ0v) is 18.2.